The predicted molar refractivity (Wildman–Crippen MR) is 74.2 cm³/mol. The molecule has 0 saturated carbocycles. The van der Waals surface area contributed by atoms with Gasteiger partial charge in [0.25, 0.3) is 0 Å². The van der Waals surface area contributed by atoms with E-state index in [0.717, 1.165) is 0 Å². The van der Waals surface area contributed by atoms with Crippen molar-refractivity contribution in [1.82, 2.24) is 0 Å². The summed E-state index contributed by atoms with van der Waals surface area (Å²) >= 11 is 0. The van der Waals surface area contributed by atoms with Gasteiger partial charge in [-0.3, -0.25) is 0 Å². The van der Waals surface area contributed by atoms with Crippen molar-refractivity contribution in [3.8, 4) is 0 Å². The quantitative estimate of drug-likeness (QED) is 0.592. The minimum Gasteiger partial charge on any atom is -0.0620 e. The first-order valence-electron chi connectivity index (χ1n) is 6.91. The fourth-order valence-corrected chi connectivity index (χ4v) is 3.42. The lowest BCUT2D eigenvalue weighted by Crippen LogP contribution is -2.14. The molecule has 0 atom stereocenters. The van der Waals surface area contributed by atoms with E-state index in [1.165, 1.54) is 32.1 Å². The van der Waals surface area contributed by atoms with Crippen LogP contribution < -0.4 is 0 Å². The Balaban J connectivity index is 2.18. The van der Waals surface area contributed by atoms with E-state index in [-0.39, 0.29) is 5.41 Å². The van der Waals surface area contributed by atoms with Crippen molar-refractivity contribution in [2.45, 2.75) is 58.3 Å². The van der Waals surface area contributed by atoms with Crippen molar-refractivity contribution < 1.29 is 0 Å². The highest BCUT2D eigenvalue weighted by Gasteiger charge is 2.29. The molecule has 0 heterocycles. The van der Waals surface area contributed by atoms with Crippen molar-refractivity contribution in [3.05, 3.63) is 40.5 Å². The molecular formula is C17H22. The van der Waals surface area contributed by atoms with Crippen LogP contribution >= 0.6 is 0 Å². The third kappa shape index (κ3) is 1.74. The molecule has 2 aliphatic carbocycles. The van der Waals surface area contributed by atoms with Gasteiger partial charge in [-0.05, 0) is 59.8 Å². The molecule has 0 unspecified atom stereocenters. The van der Waals surface area contributed by atoms with Crippen LogP contribution in [-0.4, -0.2) is 0 Å². The molecule has 0 heteroatoms. The second-order valence-electron chi connectivity index (χ2n) is 6.56. The highest BCUT2D eigenvalue weighted by molar-refractivity contribution is 5.79. The molecular weight excluding hydrogens is 204 g/mol. The summed E-state index contributed by atoms with van der Waals surface area (Å²) in [5.41, 5.74) is 8.48. The second-order valence-corrected chi connectivity index (χ2v) is 6.56. The van der Waals surface area contributed by atoms with Crippen LogP contribution in [0.4, 0.5) is 0 Å². The van der Waals surface area contributed by atoms with Gasteiger partial charge in [-0.15, -0.1) is 0 Å². The van der Waals surface area contributed by atoms with Gasteiger partial charge < -0.3 is 0 Å². The summed E-state index contributed by atoms with van der Waals surface area (Å²) < 4.78 is 0. The topological polar surface area (TPSA) is 0 Å². The zero-order valence-corrected chi connectivity index (χ0v) is 11.3. The SMILES string of the molecule is CC(C)(C)c1cccc2c1C1=C(CCCC1)C2. The smallest absolute Gasteiger partial charge is 0.00549 e. The van der Waals surface area contributed by atoms with Crippen LogP contribution in [0.25, 0.3) is 5.57 Å². The van der Waals surface area contributed by atoms with Crippen LogP contribution in [0.3, 0.4) is 0 Å². The van der Waals surface area contributed by atoms with E-state index in [1.807, 2.05) is 0 Å². The van der Waals surface area contributed by atoms with Gasteiger partial charge >= 0.3 is 0 Å². The number of rotatable bonds is 0. The van der Waals surface area contributed by atoms with Gasteiger partial charge in [-0.1, -0.05) is 44.5 Å². The summed E-state index contributed by atoms with van der Waals surface area (Å²) in [6.45, 7) is 7.01. The fraction of sp³-hybridized carbons (Fsp3) is 0.529. The summed E-state index contributed by atoms with van der Waals surface area (Å²) in [6, 6.07) is 6.92. The summed E-state index contributed by atoms with van der Waals surface area (Å²) in [5.74, 6) is 0. The normalized spacial score (nSPS) is 19.2. The predicted octanol–water partition coefficient (Wildman–Crippen LogP) is 4.87. The molecule has 0 nitrogen and oxygen atoms in total. The molecule has 1 aromatic rings. The highest BCUT2D eigenvalue weighted by Crippen LogP contribution is 2.45. The van der Waals surface area contributed by atoms with Gasteiger partial charge in [0, 0.05) is 0 Å². The first kappa shape index (κ1) is 11.1. The van der Waals surface area contributed by atoms with Crippen molar-refractivity contribution in [2.75, 3.05) is 0 Å². The van der Waals surface area contributed by atoms with E-state index in [4.69, 9.17) is 0 Å². The zero-order valence-electron chi connectivity index (χ0n) is 11.3. The van der Waals surface area contributed by atoms with E-state index in [1.54, 1.807) is 27.8 Å². The summed E-state index contributed by atoms with van der Waals surface area (Å²) in [6.07, 6.45) is 6.67. The van der Waals surface area contributed by atoms with E-state index in [0.29, 0.717) is 0 Å². The van der Waals surface area contributed by atoms with Crippen LogP contribution in [0.2, 0.25) is 0 Å². The lowest BCUT2D eigenvalue weighted by atomic mass is 9.80. The van der Waals surface area contributed by atoms with E-state index >= 15 is 0 Å². The summed E-state index contributed by atoms with van der Waals surface area (Å²) in [5, 5.41) is 0. The molecule has 0 radical (unpaired) electrons. The molecule has 0 fully saturated rings. The Labute approximate surface area is 105 Å². The fourth-order valence-electron chi connectivity index (χ4n) is 3.42. The zero-order chi connectivity index (χ0) is 12.0. The maximum absolute atomic E-state index is 2.34. The molecule has 0 N–H and O–H groups in total. The lowest BCUT2D eigenvalue weighted by molar-refractivity contribution is 0.587. The van der Waals surface area contributed by atoms with E-state index in [9.17, 15) is 0 Å². The Kier molecular flexibility index (Phi) is 2.43. The maximum atomic E-state index is 2.34. The molecule has 0 bridgehead atoms. The largest absolute Gasteiger partial charge is 0.0620 e. The molecule has 3 rings (SSSR count). The first-order chi connectivity index (χ1) is 8.07. The van der Waals surface area contributed by atoms with Crippen molar-refractivity contribution in [1.29, 1.82) is 0 Å². The molecule has 0 aliphatic heterocycles. The highest BCUT2D eigenvalue weighted by atomic mass is 14.3. The Morgan fingerprint density at radius 2 is 1.76 bits per heavy atom. The maximum Gasteiger partial charge on any atom is -0.00549 e. The monoisotopic (exact) mass is 226 g/mol. The third-order valence-electron chi connectivity index (χ3n) is 4.25. The third-order valence-corrected chi connectivity index (χ3v) is 4.25. The van der Waals surface area contributed by atoms with Crippen molar-refractivity contribution in [2.24, 2.45) is 0 Å². The summed E-state index contributed by atoms with van der Waals surface area (Å²) in [7, 11) is 0. The van der Waals surface area contributed by atoms with Gasteiger partial charge in [0.1, 0.15) is 0 Å². The molecule has 0 aromatic heterocycles. The Hall–Kier alpha value is -1.04. The minimum atomic E-state index is 0.269. The number of hydrogen-bond acceptors (Lipinski definition) is 0. The first-order valence-corrected chi connectivity index (χ1v) is 6.91. The number of allylic oxidation sites excluding steroid dienone is 2. The molecule has 1 aromatic carbocycles. The molecule has 0 amide bonds. The van der Waals surface area contributed by atoms with Crippen LogP contribution in [0.1, 0.15) is 63.1 Å². The minimum absolute atomic E-state index is 0.269. The van der Waals surface area contributed by atoms with Crippen molar-refractivity contribution in [3.63, 3.8) is 0 Å². The second kappa shape index (κ2) is 3.73. The van der Waals surface area contributed by atoms with Crippen LogP contribution in [0.15, 0.2) is 23.8 Å². The Bertz CT molecular complexity index is 483. The standard InChI is InChI=1S/C17H22/c1-17(2,3)15-10-6-8-13-11-12-7-4-5-9-14(12)16(13)15/h6,8,10H,4-5,7,9,11H2,1-3H3. The van der Waals surface area contributed by atoms with Gasteiger partial charge in [0.05, 0.1) is 0 Å². The molecule has 0 spiro atoms. The van der Waals surface area contributed by atoms with Crippen LogP contribution in [-0.2, 0) is 11.8 Å². The molecule has 0 saturated heterocycles. The molecule has 17 heavy (non-hydrogen) atoms. The van der Waals surface area contributed by atoms with E-state index < -0.39 is 0 Å². The van der Waals surface area contributed by atoms with Crippen molar-refractivity contribution >= 4 is 5.57 Å². The Morgan fingerprint density at radius 1 is 1.00 bits per heavy atom. The van der Waals surface area contributed by atoms with Crippen LogP contribution in [0.5, 0.6) is 0 Å². The lowest BCUT2D eigenvalue weighted by Gasteiger charge is -2.25. The average molecular weight is 226 g/mol. The number of benzene rings is 1. The van der Waals surface area contributed by atoms with Gasteiger partial charge in [-0.2, -0.15) is 0 Å². The van der Waals surface area contributed by atoms with Gasteiger partial charge in [-0.25, -0.2) is 0 Å². The van der Waals surface area contributed by atoms with Crippen LogP contribution in [0, 0.1) is 0 Å². The number of hydrogen-bond donors (Lipinski definition) is 0. The summed E-state index contributed by atoms with van der Waals surface area (Å²) in [4.78, 5) is 0. The average Bonchev–Trinajstić information content (AvgIpc) is 2.65. The van der Waals surface area contributed by atoms with Gasteiger partial charge in [0.2, 0.25) is 0 Å². The Morgan fingerprint density at radius 3 is 2.53 bits per heavy atom. The van der Waals surface area contributed by atoms with Gasteiger partial charge in [0.15, 0.2) is 0 Å². The molecule has 2 aliphatic rings. The van der Waals surface area contributed by atoms with E-state index in [2.05, 4.69) is 39.0 Å². The molecule has 90 valence electrons. The number of fused-ring (bicyclic) bond motifs is 2.